The van der Waals surface area contributed by atoms with Crippen molar-refractivity contribution in [1.29, 1.82) is 0 Å². The van der Waals surface area contributed by atoms with Gasteiger partial charge in [0.1, 0.15) is 5.56 Å². The largest absolute Gasteiger partial charge is 0.478 e. The summed E-state index contributed by atoms with van der Waals surface area (Å²) in [6.45, 7) is 2.42. The monoisotopic (exact) mass is 244 g/mol. The zero-order valence-corrected chi connectivity index (χ0v) is 9.79. The maximum atomic E-state index is 11.0. The lowest BCUT2D eigenvalue weighted by molar-refractivity contribution is 0.0697. The molecule has 92 valence electrons. The van der Waals surface area contributed by atoms with Crippen molar-refractivity contribution in [1.82, 2.24) is 15.2 Å². The molecule has 0 bridgehead atoms. The predicted molar refractivity (Wildman–Crippen MR) is 65.3 cm³/mol. The van der Waals surface area contributed by atoms with Crippen molar-refractivity contribution in [3.8, 4) is 0 Å². The Morgan fingerprint density at radius 1 is 1.39 bits per heavy atom. The third kappa shape index (κ3) is 2.60. The Morgan fingerprint density at radius 3 is 2.94 bits per heavy atom. The number of nitrogens with one attached hydrogen (secondary N) is 1. The second kappa shape index (κ2) is 5.22. The molecule has 0 fully saturated rings. The first kappa shape index (κ1) is 12.0. The first-order valence-electron chi connectivity index (χ1n) is 5.37. The van der Waals surface area contributed by atoms with Gasteiger partial charge in [-0.1, -0.05) is 0 Å². The van der Waals surface area contributed by atoms with Crippen molar-refractivity contribution in [3.63, 3.8) is 0 Å². The lowest BCUT2D eigenvalue weighted by Gasteiger charge is -2.08. The number of carboxylic acids is 1. The Labute approximate surface area is 104 Å². The highest BCUT2D eigenvalue weighted by Gasteiger charge is 2.11. The molecule has 18 heavy (non-hydrogen) atoms. The molecular weight excluding hydrogens is 232 g/mol. The quantitative estimate of drug-likeness (QED) is 0.847. The average Bonchev–Trinajstić information content (AvgIpc) is 2.38. The molecule has 0 aliphatic rings. The number of anilines is 1. The topological polar surface area (TPSA) is 88.0 Å². The minimum Gasteiger partial charge on any atom is -0.478 e. The maximum absolute atomic E-state index is 11.0. The van der Waals surface area contributed by atoms with Crippen LogP contribution in [0.5, 0.6) is 0 Å². The molecule has 2 heterocycles. The first-order chi connectivity index (χ1) is 8.68. The van der Waals surface area contributed by atoms with Crippen LogP contribution in [0.4, 0.5) is 5.82 Å². The number of aryl methyl sites for hydroxylation is 1. The molecule has 0 amide bonds. The predicted octanol–water partition coefficient (Wildman–Crippen LogP) is 1.49. The smallest absolute Gasteiger partial charge is 0.339 e. The number of pyridine rings is 1. The molecule has 0 saturated carbocycles. The van der Waals surface area contributed by atoms with Crippen LogP contribution in [0, 0.1) is 6.92 Å². The third-order valence-corrected chi connectivity index (χ3v) is 2.53. The van der Waals surface area contributed by atoms with Gasteiger partial charge in [0, 0.05) is 18.9 Å². The van der Waals surface area contributed by atoms with Crippen molar-refractivity contribution in [2.45, 2.75) is 13.5 Å². The van der Waals surface area contributed by atoms with Crippen LogP contribution in [0.25, 0.3) is 0 Å². The van der Waals surface area contributed by atoms with Gasteiger partial charge in [-0.25, -0.2) is 4.79 Å². The lowest BCUT2D eigenvalue weighted by atomic mass is 10.1. The molecule has 0 spiro atoms. The molecule has 0 unspecified atom stereocenters. The van der Waals surface area contributed by atoms with Crippen LogP contribution in [0.15, 0.2) is 30.7 Å². The van der Waals surface area contributed by atoms with Gasteiger partial charge in [0.05, 0.1) is 6.20 Å². The van der Waals surface area contributed by atoms with Crippen LogP contribution in [-0.4, -0.2) is 26.3 Å². The van der Waals surface area contributed by atoms with E-state index in [-0.39, 0.29) is 11.4 Å². The summed E-state index contributed by atoms with van der Waals surface area (Å²) in [4.78, 5) is 15.0. The Bertz CT molecular complexity index is 572. The molecule has 2 aromatic heterocycles. The lowest BCUT2D eigenvalue weighted by Crippen LogP contribution is -2.09. The van der Waals surface area contributed by atoms with Gasteiger partial charge in [0.15, 0.2) is 5.82 Å². The number of carbonyl (C=O) groups is 1. The highest BCUT2D eigenvalue weighted by Crippen LogP contribution is 2.13. The molecule has 6 heteroatoms. The molecule has 2 rings (SSSR count). The summed E-state index contributed by atoms with van der Waals surface area (Å²) in [7, 11) is 0. The summed E-state index contributed by atoms with van der Waals surface area (Å²) in [6.07, 6.45) is 4.80. The first-order valence-corrected chi connectivity index (χ1v) is 5.37. The molecule has 0 radical (unpaired) electrons. The van der Waals surface area contributed by atoms with Crippen LogP contribution in [0.3, 0.4) is 0 Å². The van der Waals surface area contributed by atoms with Gasteiger partial charge in [0.2, 0.25) is 0 Å². The fourth-order valence-electron chi connectivity index (χ4n) is 1.51. The summed E-state index contributed by atoms with van der Waals surface area (Å²) in [5.74, 6) is -0.764. The van der Waals surface area contributed by atoms with E-state index in [4.69, 9.17) is 5.11 Å². The van der Waals surface area contributed by atoms with E-state index in [2.05, 4.69) is 20.5 Å². The number of nitrogens with zero attached hydrogens (tertiary/aromatic N) is 3. The number of rotatable bonds is 4. The van der Waals surface area contributed by atoms with Crippen molar-refractivity contribution in [3.05, 3.63) is 47.4 Å². The highest BCUT2D eigenvalue weighted by atomic mass is 16.4. The second-order valence-electron chi connectivity index (χ2n) is 3.75. The van der Waals surface area contributed by atoms with Gasteiger partial charge in [-0.15, -0.1) is 5.10 Å². The molecule has 2 aromatic rings. The third-order valence-electron chi connectivity index (χ3n) is 2.53. The van der Waals surface area contributed by atoms with Crippen LogP contribution < -0.4 is 5.32 Å². The molecule has 0 aromatic carbocycles. The van der Waals surface area contributed by atoms with E-state index in [1.807, 2.05) is 13.0 Å². The van der Waals surface area contributed by atoms with Gasteiger partial charge in [-0.05, 0) is 30.2 Å². The second-order valence-corrected chi connectivity index (χ2v) is 3.75. The normalized spacial score (nSPS) is 10.1. The molecule has 0 atom stereocenters. The molecule has 0 aliphatic heterocycles. The number of aromatic carboxylic acids is 1. The summed E-state index contributed by atoms with van der Waals surface area (Å²) >= 11 is 0. The summed E-state index contributed by atoms with van der Waals surface area (Å²) in [6, 6.07) is 3.29. The van der Waals surface area contributed by atoms with Gasteiger partial charge in [-0.3, -0.25) is 4.98 Å². The SMILES string of the molecule is Cc1cnccc1CNc1nnccc1C(=O)O. The Hall–Kier alpha value is -2.50. The summed E-state index contributed by atoms with van der Waals surface area (Å²) in [5.41, 5.74) is 2.18. The standard InChI is InChI=1S/C12H12N4O2/c1-8-6-13-4-2-9(8)7-14-11-10(12(17)18)3-5-15-16-11/h2-6H,7H2,1H3,(H,14,16)(H,17,18). The van der Waals surface area contributed by atoms with Crippen molar-refractivity contribution in [2.24, 2.45) is 0 Å². The van der Waals surface area contributed by atoms with E-state index in [0.717, 1.165) is 11.1 Å². The number of aromatic nitrogens is 3. The fraction of sp³-hybridized carbons (Fsp3) is 0.167. The van der Waals surface area contributed by atoms with Gasteiger partial charge < -0.3 is 10.4 Å². The van der Waals surface area contributed by atoms with E-state index in [0.29, 0.717) is 6.54 Å². The molecule has 6 nitrogen and oxygen atoms in total. The summed E-state index contributed by atoms with van der Waals surface area (Å²) < 4.78 is 0. The van der Waals surface area contributed by atoms with Crippen LogP contribution >= 0.6 is 0 Å². The zero-order chi connectivity index (χ0) is 13.0. The maximum Gasteiger partial charge on any atom is 0.339 e. The average molecular weight is 244 g/mol. The van der Waals surface area contributed by atoms with Gasteiger partial charge in [0.25, 0.3) is 0 Å². The van der Waals surface area contributed by atoms with Crippen LogP contribution in [-0.2, 0) is 6.54 Å². The number of hydrogen-bond acceptors (Lipinski definition) is 5. The molecule has 0 saturated heterocycles. The number of hydrogen-bond donors (Lipinski definition) is 2. The van der Waals surface area contributed by atoms with Crippen molar-refractivity contribution in [2.75, 3.05) is 5.32 Å². The summed E-state index contributed by atoms with van der Waals surface area (Å²) in [5, 5.41) is 19.4. The van der Waals surface area contributed by atoms with Crippen molar-refractivity contribution >= 4 is 11.8 Å². The van der Waals surface area contributed by atoms with E-state index in [9.17, 15) is 4.79 Å². The van der Waals surface area contributed by atoms with Crippen molar-refractivity contribution < 1.29 is 9.90 Å². The van der Waals surface area contributed by atoms with Crippen LogP contribution in [0.1, 0.15) is 21.5 Å². The van der Waals surface area contributed by atoms with Gasteiger partial charge >= 0.3 is 5.97 Å². The minimum absolute atomic E-state index is 0.108. The minimum atomic E-state index is -1.03. The fourth-order valence-corrected chi connectivity index (χ4v) is 1.51. The van der Waals surface area contributed by atoms with Gasteiger partial charge in [-0.2, -0.15) is 5.10 Å². The molecule has 2 N–H and O–H groups in total. The van der Waals surface area contributed by atoms with E-state index in [1.54, 1.807) is 12.4 Å². The molecular formula is C12H12N4O2. The van der Waals surface area contributed by atoms with Crippen LogP contribution in [0.2, 0.25) is 0 Å². The van der Waals surface area contributed by atoms with E-state index >= 15 is 0 Å². The number of carboxylic acid groups (broad SMARTS) is 1. The van der Waals surface area contributed by atoms with E-state index in [1.165, 1.54) is 12.3 Å². The Kier molecular flexibility index (Phi) is 3.47. The zero-order valence-electron chi connectivity index (χ0n) is 9.79. The molecule has 0 aliphatic carbocycles. The Balaban J connectivity index is 2.16. The Morgan fingerprint density at radius 2 is 2.22 bits per heavy atom. The highest BCUT2D eigenvalue weighted by molar-refractivity contribution is 5.92. The van der Waals surface area contributed by atoms with E-state index < -0.39 is 5.97 Å².